The number of ether oxygens (including phenoxy) is 4. The number of halogens is 1. The van der Waals surface area contributed by atoms with Crippen molar-refractivity contribution in [3.8, 4) is 11.5 Å². The van der Waals surface area contributed by atoms with E-state index >= 15 is 0 Å². The van der Waals surface area contributed by atoms with Gasteiger partial charge in [0.1, 0.15) is 13.2 Å². The van der Waals surface area contributed by atoms with Gasteiger partial charge in [-0.2, -0.15) is 0 Å². The molecule has 1 fully saturated rings. The third kappa shape index (κ3) is 3.90. The Bertz CT molecular complexity index is 729. The zero-order valence-electron chi connectivity index (χ0n) is 13.8. The third-order valence-electron chi connectivity index (χ3n) is 4.19. The van der Waals surface area contributed by atoms with Gasteiger partial charge in [0, 0.05) is 18.7 Å². The number of hydrogen-bond acceptors (Lipinski definition) is 5. The Morgan fingerprint density at radius 3 is 2.40 bits per heavy atom. The van der Waals surface area contributed by atoms with Crippen molar-refractivity contribution >= 4 is 11.6 Å². The molecule has 132 valence electrons. The van der Waals surface area contributed by atoms with E-state index in [1.165, 1.54) is 5.56 Å². The summed E-state index contributed by atoms with van der Waals surface area (Å²) in [4.78, 5) is 0. The summed E-state index contributed by atoms with van der Waals surface area (Å²) in [5, 5.41) is 4.02. The minimum Gasteiger partial charge on any atom is -0.486 e. The second kappa shape index (κ2) is 7.62. The van der Waals surface area contributed by atoms with Gasteiger partial charge < -0.3 is 24.3 Å². The average Bonchev–Trinajstić information content (AvgIpc) is 3.17. The first-order valence-electron chi connectivity index (χ1n) is 8.40. The van der Waals surface area contributed by atoms with Crippen LogP contribution in [0.15, 0.2) is 36.4 Å². The van der Waals surface area contributed by atoms with Crippen molar-refractivity contribution in [2.24, 2.45) is 0 Å². The largest absolute Gasteiger partial charge is 0.486 e. The molecule has 2 aliphatic rings. The Balaban J connectivity index is 1.34. The van der Waals surface area contributed by atoms with Crippen LogP contribution in [0, 0.1) is 0 Å². The number of nitrogens with one attached hydrogen (secondary N) is 1. The fraction of sp³-hybridized carbons (Fsp3) is 0.368. The molecule has 0 radical (unpaired) electrons. The first-order valence-corrected chi connectivity index (χ1v) is 8.78. The summed E-state index contributed by atoms with van der Waals surface area (Å²) >= 11 is 6.27. The van der Waals surface area contributed by atoms with Gasteiger partial charge in [-0.1, -0.05) is 35.9 Å². The van der Waals surface area contributed by atoms with Gasteiger partial charge in [0.2, 0.25) is 0 Å². The van der Waals surface area contributed by atoms with Gasteiger partial charge in [-0.25, -0.2) is 0 Å². The standard InChI is InChI=1S/C19H20ClNO4/c20-16-9-14(10-17-18(16)23-6-5-22-17)12-21-11-13-1-3-15(4-2-13)19-24-7-8-25-19/h1-4,9-10,19,21H,5-8,11-12H2. The lowest BCUT2D eigenvalue weighted by molar-refractivity contribution is -0.0441. The van der Waals surface area contributed by atoms with Crippen LogP contribution in [-0.4, -0.2) is 26.4 Å². The second-order valence-corrected chi connectivity index (χ2v) is 6.43. The lowest BCUT2D eigenvalue weighted by Crippen LogP contribution is -2.17. The van der Waals surface area contributed by atoms with E-state index in [0.717, 1.165) is 23.4 Å². The van der Waals surface area contributed by atoms with Gasteiger partial charge in [0.05, 0.1) is 18.2 Å². The Kier molecular flexibility index (Phi) is 5.08. The molecule has 0 aromatic heterocycles. The number of rotatable bonds is 5. The van der Waals surface area contributed by atoms with Gasteiger partial charge in [0.25, 0.3) is 0 Å². The highest BCUT2D eigenvalue weighted by molar-refractivity contribution is 6.32. The molecule has 0 bridgehead atoms. The van der Waals surface area contributed by atoms with Crippen molar-refractivity contribution in [2.45, 2.75) is 19.4 Å². The summed E-state index contributed by atoms with van der Waals surface area (Å²) in [6, 6.07) is 12.2. The normalized spacial score (nSPS) is 17.0. The summed E-state index contributed by atoms with van der Waals surface area (Å²) in [5.41, 5.74) is 3.32. The number of fused-ring (bicyclic) bond motifs is 1. The average molecular weight is 362 g/mol. The molecule has 4 rings (SSSR count). The molecule has 2 aliphatic heterocycles. The number of hydrogen-bond donors (Lipinski definition) is 1. The molecule has 0 saturated carbocycles. The molecular weight excluding hydrogens is 342 g/mol. The summed E-state index contributed by atoms with van der Waals surface area (Å²) < 4.78 is 22.2. The molecule has 5 nitrogen and oxygen atoms in total. The molecule has 2 aromatic rings. The molecule has 0 amide bonds. The van der Waals surface area contributed by atoms with Gasteiger partial charge in [-0.05, 0) is 23.3 Å². The summed E-state index contributed by atoms with van der Waals surface area (Å²) in [5.74, 6) is 1.36. The van der Waals surface area contributed by atoms with Crippen molar-refractivity contribution in [1.29, 1.82) is 0 Å². The maximum absolute atomic E-state index is 6.27. The monoisotopic (exact) mass is 361 g/mol. The fourth-order valence-corrected chi connectivity index (χ4v) is 3.25. The Morgan fingerprint density at radius 1 is 0.880 bits per heavy atom. The fourth-order valence-electron chi connectivity index (χ4n) is 2.96. The molecule has 0 atom stereocenters. The topological polar surface area (TPSA) is 49.0 Å². The zero-order valence-corrected chi connectivity index (χ0v) is 14.6. The predicted molar refractivity (Wildman–Crippen MR) is 94.1 cm³/mol. The lowest BCUT2D eigenvalue weighted by atomic mass is 10.1. The van der Waals surface area contributed by atoms with E-state index < -0.39 is 0 Å². The number of benzene rings is 2. The van der Waals surface area contributed by atoms with Crippen molar-refractivity contribution < 1.29 is 18.9 Å². The van der Waals surface area contributed by atoms with E-state index in [1.807, 2.05) is 24.3 Å². The summed E-state index contributed by atoms with van der Waals surface area (Å²) in [7, 11) is 0. The first kappa shape index (κ1) is 16.7. The van der Waals surface area contributed by atoms with Crippen molar-refractivity contribution in [1.82, 2.24) is 5.32 Å². The van der Waals surface area contributed by atoms with Crippen LogP contribution in [0.1, 0.15) is 23.0 Å². The highest BCUT2D eigenvalue weighted by Crippen LogP contribution is 2.38. The van der Waals surface area contributed by atoms with Gasteiger partial charge in [-0.3, -0.25) is 0 Å². The van der Waals surface area contributed by atoms with Crippen LogP contribution in [0.2, 0.25) is 5.02 Å². The van der Waals surface area contributed by atoms with Crippen LogP contribution < -0.4 is 14.8 Å². The molecule has 2 heterocycles. The van der Waals surface area contributed by atoms with Crippen molar-refractivity contribution in [3.05, 3.63) is 58.1 Å². The van der Waals surface area contributed by atoms with Crippen LogP contribution >= 0.6 is 11.6 Å². The van der Waals surface area contributed by atoms with Crippen LogP contribution in [-0.2, 0) is 22.6 Å². The molecule has 1 saturated heterocycles. The molecular formula is C19H20ClNO4. The summed E-state index contributed by atoms with van der Waals surface area (Å²) in [6.07, 6.45) is -0.220. The quantitative estimate of drug-likeness (QED) is 0.884. The second-order valence-electron chi connectivity index (χ2n) is 6.02. The minimum absolute atomic E-state index is 0.220. The maximum atomic E-state index is 6.27. The van der Waals surface area contributed by atoms with Crippen LogP contribution in [0.25, 0.3) is 0 Å². The predicted octanol–water partition coefficient (Wildman–Crippen LogP) is 3.45. The van der Waals surface area contributed by atoms with Crippen LogP contribution in [0.4, 0.5) is 0 Å². The van der Waals surface area contributed by atoms with Crippen LogP contribution in [0.5, 0.6) is 11.5 Å². The Morgan fingerprint density at radius 2 is 1.60 bits per heavy atom. The minimum atomic E-state index is -0.220. The van der Waals surface area contributed by atoms with E-state index in [9.17, 15) is 0 Å². The smallest absolute Gasteiger partial charge is 0.184 e. The molecule has 2 aromatic carbocycles. The Labute approximate surface area is 151 Å². The van der Waals surface area contributed by atoms with Crippen molar-refractivity contribution in [3.63, 3.8) is 0 Å². The van der Waals surface area contributed by atoms with Gasteiger partial charge >= 0.3 is 0 Å². The molecule has 25 heavy (non-hydrogen) atoms. The molecule has 6 heteroatoms. The maximum Gasteiger partial charge on any atom is 0.184 e. The summed E-state index contributed by atoms with van der Waals surface area (Å²) in [6.45, 7) is 3.88. The van der Waals surface area contributed by atoms with Gasteiger partial charge in [0.15, 0.2) is 17.8 Å². The van der Waals surface area contributed by atoms with E-state index in [4.69, 9.17) is 30.5 Å². The highest BCUT2D eigenvalue weighted by Gasteiger charge is 2.18. The van der Waals surface area contributed by atoms with Crippen molar-refractivity contribution in [2.75, 3.05) is 26.4 Å². The van der Waals surface area contributed by atoms with Gasteiger partial charge in [-0.15, -0.1) is 0 Å². The Hall–Kier alpha value is -1.79. The SMILES string of the molecule is Clc1cc(CNCc2ccc(C3OCCO3)cc2)cc2c1OCCO2. The van der Waals surface area contributed by atoms with E-state index in [0.29, 0.717) is 43.7 Å². The molecule has 0 unspecified atom stereocenters. The zero-order chi connectivity index (χ0) is 17.1. The first-order chi connectivity index (χ1) is 12.3. The van der Waals surface area contributed by atoms with Crippen LogP contribution in [0.3, 0.4) is 0 Å². The van der Waals surface area contributed by atoms with E-state index in [-0.39, 0.29) is 6.29 Å². The molecule has 0 spiro atoms. The lowest BCUT2D eigenvalue weighted by Gasteiger charge is -2.20. The highest BCUT2D eigenvalue weighted by atomic mass is 35.5. The molecule has 1 N–H and O–H groups in total. The molecule has 0 aliphatic carbocycles. The third-order valence-corrected chi connectivity index (χ3v) is 4.47. The van der Waals surface area contributed by atoms with E-state index in [1.54, 1.807) is 0 Å². The van der Waals surface area contributed by atoms with E-state index in [2.05, 4.69) is 17.4 Å².